The first kappa shape index (κ1) is 10.3. The first-order valence-electron chi connectivity index (χ1n) is 4.40. The van der Waals surface area contributed by atoms with E-state index in [4.69, 9.17) is 0 Å². The van der Waals surface area contributed by atoms with Crippen molar-refractivity contribution in [2.45, 2.75) is 13.1 Å². The van der Waals surface area contributed by atoms with E-state index in [1.54, 1.807) is 0 Å². The molecule has 0 aliphatic rings. The summed E-state index contributed by atoms with van der Waals surface area (Å²) in [4.78, 5) is 3.88. The van der Waals surface area contributed by atoms with E-state index in [2.05, 4.69) is 30.6 Å². The summed E-state index contributed by atoms with van der Waals surface area (Å²) in [6.07, 6.45) is 0.552. The van der Waals surface area contributed by atoms with Crippen LogP contribution in [0.1, 0.15) is 17.3 Å². The average molecular weight is 271 g/mol. The number of hydrogen-bond acceptors (Lipinski definition) is 3. The molecule has 0 spiro atoms. The highest BCUT2D eigenvalue weighted by Gasteiger charge is 2.06. The van der Waals surface area contributed by atoms with E-state index in [-0.39, 0.29) is 5.89 Å². The summed E-state index contributed by atoms with van der Waals surface area (Å²) >= 11 is 3.35. The second-order valence-electron chi connectivity index (χ2n) is 3.04. The predicted octanol–water partition coefficient (Wildman–Crippen LogP) is 2.89. The van der Waals surface area contributed by atoms with Crippen LogP contribution in [0, 0.1) is 0 Å². The van der Waals surface area contributed by atoms with E-state index in [1.165, 1.54) is 0 Å². The van der Waals surface area contributed by atoms with Gasteiger partial charge in [0.2, 0.25) is 0 Å². The topological polar surface area (TPSA) is 38.9 Å². The molecule has 5 heteroatoms. The van der Waals surface area contributed by atoms with Gasteiger partial charge in [-0.15, -0.1) is 0 Å². The lowest BCUT2D eigenvalue weighted by atomic mass is 10.1. The van der Waals surface area contributed by atoms with E-state index in [0.717, 1.165) is 10.0 Å². The number of rotatable bonds is 3. The van der Waals surface area contributed by atoms with Crippen LogP contribution in [0.2, 0.25) is 0 Å². The van der Waals surface area contributed by atoms with Gasteiger partial charge in [-0.2, -0.15) is 4.98 Å². The molecule has 1 heterocycles. The van der Waals surface area contributed by atoms with Crippen molar-refractivity contribution in [1.29, 1.82) is 0 Å². The van der Waals surface area contributed by atoms with Crippen LogP contribution in [0.15, 0.2) is 33.3 Å². The lowest BCUT2D eigenvalue weighted by Gasteiger charge is -1.96. The zero-order chi connectivity index (χ0) is 10.7. The summed E-state index contributed by atoms with van der Waals surface area (Å²) in [5, 5.41) is 3.67. The molecule has 0 fully saturated rings. The van der Waals surface area contributed by atoms with Crippen molar-refractivity contribution in [2.75, 3.05) is 0 Å². The van der Waals surface area contributed by atoms with Gasteiger partial charge >= 0.3 is 0 Å². The number of aromatic nitrogens is 2. The Hall–Kier alpha value is -1.23. The highest BCUT2D eigenvalue weighted by molar-refractivity contribution is 9.10. The molecule has 0 saturated carbocycles. The van der Waals surface area contributed by atoms with Gasteiger partial charge in [0.1, 0.15) is 0 Å². The Labute approximate surface area is 94.4 Å². The molecule has 0 bridgehead atoms. The van der Waals surface area contributed by atoms with E-state index in [9.17, 15) is 4.39 Å². The third-order valence-electron chi connectivity index (χ3n) is 1.90. The first-order valence-corrected chi connectivity index (χ1v) is 5.19. The molecule has 0 amide bonds. The number of halogens is 2. The van der Waals surface area contributed by atoms with Crippen molar-refractivity contribution in [3.63, 3.8) is 0 Å². The molecule has 78 valence electrons. The molecule has 2 aromatic rings. The van der Waals surface area contributed by atoms with Crippen LogP contribution < -0.4 is 0 Å². The van der Waals surface area contributed by atoms with Crippen LogP contribution in [-0.2, 0) is 13.1 Å². The summed E-state index contributed by atoms with van der Waals surface area (Å²) in [5.74, 6) is 0.534. The minimum atomic E-state index is -0.715. The van der Waals surface area contributed by atoms with Crippen LogP contribution in [0.5, 0.6) is 0 Å². The van der Waals surface area contributed by atoms with E-state index in [1.807, 2.05) is 24.3 Å². The van der Waals surface area contributed by atoms with Crippen molar-refractivity contribution >= 4 is 15.9 Å². The Balaban J connectivity index is 2.11. The smallest absolute Gasteiger partial charge is 0.258 e. The molecule has 2 rings (SSSR count). The standard InChI is InChI=1S/C10H8BrFN2O/c11-8-3-1-7(2-4-8)5-9-13-10(6-12)15-14-9/h1-4H,5-6H2. The number of nitrogens with zero attached hydrogens (tertiary/aromatic N) is 2. The summed E-state index contributed by atoms with van der Waals surface area (Å²) < 4.78 is 17.8. The van der Waals surface area contributed by atoms with Crippen molar-refractivity contribution in [3.05, 3.63) is 46.0 Å². The fraction of sp³-hybridized carbons (Fsp3) is 0.200. The lowest BCUT2D eigenvalue weighted by Crippen LogP contribution is -1.90. The monoisotopic (exact) mass is 270 g/mol. The van der Waals surface area contributed by atoms with Gasteiger partial charge < -0.3 is 4.52 Å². The van der Waals surface area contributed by atoms with Crippen LogP contribution in [0.25, 0.3) is 0 Å². The predicted molar refractivity (Wildman–Crippen MR) is 56.1 cm³/mol. The van der Waals surface area contributed by atoms with Crippen molar-refractivity contribution in [3.8, 4) is 0 Å². The molecule has 1 aromatic heterocycles. The zero-order valence-corrected chi connectivity index (χ0v) is 9.37. The van der Waals surface area contributed by atoms with Gasteiger partial charge in [-0.05, 0) is 17.7 Å². The molecular formula is C10H8BrFN2O. The number of hydrogen-bond donors (Lipinski definition) is 0. The van der Waals surface area contributed by atoms with Crippen molar-refractivity contribution in [2.24, 2.45) is 0 Å². The summed E-state index contributed by atoms with van der Waals surface area (Å²) in [7, 11) is 0. The van der Waals surface area contributed by atoms with Gasteiger partial charge in [-0.3, -0.25) is 0 Å². The van der Waals surface area contributed by atoms with Crippen LogP contribution in [-0.4, -0.2) is 10.1 Å². The van der Waals surface area contributed by atoms with Gasteiger partial charge in [0.25, 0.3) is 5.89 Å². The molecule has 0 N–H and O–H groups in total. The van der Waals surface area contributed by atoms with E-state index >= 15 is 0 Å². The lowest BCUT2D eigenvalue weighted by molar-refractivity contribution is 0.320. The minimum absolute atomic E-state index is 0.0297. The maximum absolute atomic E-state index is 12.1. The SMILES string of the molecule is FCc1nc(Cc2ccc(Br)cc2)no1. The van der Waals surface area contributed by atoms with E-state index in [0.29, 0.717) is 12.2 Å². The summed E-state index contributed by atoms with van der Waals surface area (Å²) in [5.41, 5.74) is 1.06. The summed E-state index contributed by atoms with van der Waals surface area (Å²) in [6, 6.07) is 7.78. The van der Waals surface area contributed by atoms with Gasteiger partial charge in [-0.1, -0.05) is 33.2 Å². The Kier molecular flexibility index (Phi) is 3.11. The Morgan fingerprint density at radius 3 is 2.60 bits per heavy atom. The Morgan fingerprint density at radius 1 is 1.27 bits per heavy atom. The molecule has 0 saturated heterocycles. The molecule has 0 aliphatic carbocycles. The molecule has 3 nitrogen and oxygen atoms in total. The van der Waals surface area contributed by atoms with Gasteiger partial charge in [0, 0.05) is 10.9 Å². The van der Waals surface area contributed by atoms with Gasteiger partial charge in [0.15, 0.2) is 12.5 Å². The molecule has 15 heavy (non-hydrogen) atoms. The Morgan fingerprint density at radius 2 is 2.00 bits per heavy atom. The maximum Gasteiger partial charge on any atom is 0.258 e. The maximum atomic E-state index is 12.1. The fourth-order valence-corrected chi connectivity index (χ4v) is 1.47. The zero-order valence-electron chi connectivity index (χ0n) is 7.78. The second kappa shape index (κ2) is 4.53. The summed E-state index contributed by atoms with van der Waals surface area (Å²) in [6.45, 7) is -0.715. The van der Waals surface area contributed by atoms with Crippen LogP contribution >= 0.6 is 15.9 Å². The average Bonchev–Trinajstić information content (AvgIpc) is 2.69. The largest absolute Gasteiger partial charge is 0.336 e. The first-order chi connectivity index (χ1) is 7.28. The van der Waals surface area contributed by atoms with Gasteiger partial charge in [0.05, 0.1) is 0 Å². The number of alkyl halides is 1. The molecular weight excluding hydrogens is 263 g/mol. The van der Waals surface area contributed by atoms with Crippen LogP contribution in [0.4, 0.5) is 4.39 Å². The van der Waals surface area contributed by atoms with Crippen LogP contribution in [0.3, 0.4) is 0 Å². The molecule has 0 unspecified atom stereocenters. The third-order valence-corrected chi connectivity index (χ3v) is 2.43. The van der Waals surface area contributed by atoms with E-state index < -0.39 is 6.67 Å². The fourth-order valence-electron chi connectivity index (χ4n) is 1.20. The Bertz CT molecular complexity index is 441. The molecule has 0 radical (unpaired) electrons. The van der Waals surface area contributed by atoms with Gasteiger partial charge in [-0.25, -0.2) is 4.39 Å². The number of benzene rings is 1. The second-order valence-corrected chi connectivity index (χ2v) is 3.96. The van der Waals surface area contributed by atoms with Crippen molar-refractivity contribution < 1.29 is 8.91 Å². The highest BCUT2D eigenvalue weighted by Crippen LogP contribution is 2.13. The minimum Gasteiger partial charge on any atom is -0.336 e. The third kappa shape index (κ3) is 2.62. The normalized spacial score (nSPS) is 10.5. The quantitative estimate of drug-likeness (QED) is 0.861. The molecule has 0 atom stereocenters. The van der Waals surface area contributed by atoms with Crippen molar-refractivity contribution in [1.82, 2.24) is 10.1 Å². The molecule has 0 aliphatic heterocycles. The molecule has 1 aromatic carbocycles. The highest BCUT2D eigenvalue weighted by atomic mass is 79.9.